The highest BCUT2D eigenvalue weighted by Gasteiger charge is 2.35. The number of hydrogen-bond donors (Lipinski definition) is 1. The van der Waals surface area contributed by atoms with Gasteiger partial charge in [-0.1, -0.05) is 19.3 Å². The minimum absolute atomic E-state index is 0.0693. The molecule has 0 aromatic carbocycles. The van der Waals surface area contributed by atoms with Crippen LogP contribution in [0.5, 0.6) is 0 Å². The van der Waals surface area contributed by atoms with Gasteiger partial charge >= 0.3 is 0 Å². The molecule has 1 aromatic heterocycles. The monoisotopic (exact) mass is 318 g/mol. The van der Waals surface area contributed by atoms with Gasteiger partial charge in [0.1, 0.15) is 0 Å². The molecule has 2 aliphatic rings. The Labute approximate surface area is 137 Å². The molecule has 0 unspecified atom stereocenters. The Morgan fingerprint density at radius 3 is 2.74 bits per heavy atom. The number of aromatic nitrogens is 2. The first-order chi connectivity index (χ1) is 11.1. The van der Waals surface area contributed by atoms with Gasteiger partial charge in [0.05, 0.1) is 11.6 Å². The fourth-order valence-corrected chi connectivity index (χ4v) is 3.89. The third kappa shape index (κ3) is 3.41. The number of aryl methyl sites for hydroxylation is 1. The predicted molar refractivity (Wildman–Crippen MR) is 86.6 cm³/mol. The summed E-state index contributed by atoms with van der Waals surface area (Å²) >= 11 is 0. The summed E-state index contributed by atoms with van der Waals surface area (Å²) in [6.07, 6.45) is 8.65. The van der Waals surface area contributed by atoms with Gasteiger partial charge in [0.15, 0.2) is 0 Å². The van der Waals surface area contributed by atoms with Crippen LogP contribution in [0.25, 0.3) is 0 Å². The predicted octanol–water partition coefficient (Wildman–Crippen LogP) is 1.56. The van der Waals surface area contributed by atoms with E-state index in [4.69, 9.17) is 0 Å². The van der Waals surface area contributed by atoms with Crippen LogP contribution in [0.1, 0.15) is 55.7 Å². The second-order valence-electron chi connectivity index (χ2n) is 6.86. The van der Waals surface area contributed by atoms with Gasteiger partial charge in [-0.2, -0.15) is 5.10 Å². The van der Waals surface area contributed by atoms with E-state index >= 15 is 0 Å². The number of likely N-dealkylation sites (N-methyl/N-ethyl adjacent to an activating group) is 1. The van der Waals surface area contributed by atoms with Crippen molar-refractivity contribution in [2.24, 2.45) is 13.0 Å². The van der Waals surface area contributed by atoms with Crippen molar-refractivity contribution < 1.29 is 9.59 Å². The van der Waals surface area contributed by atoms with Gasteiger partial charge in [-0.15, -0.1) is 0 Å². The molecule has 0 bridgehead atoms. The van der Waals surface area contributed by atoms with Crippen LogP contribution in [0.4, 0.5) is 0 Å². The van der Waals surface area contributed by atoms with Crippen LogP contribution in [-0.2, 0) is 23.2 Å². The van der Waals surface area contributed by atoms with Crippen LogP contribution in [-0.4, -0.2) is 40.1 Å². The second kappa shape index (κ2) is 6.72. The first kappa shape index (κ1) is 16.0. The molecular formula is C17H26N4O2. The number of carbonyl (C=O) groups excluding carboxylic acids is 2. The lowest BCUT2D eigenvalue weighted by Gasteiger charge is -2.32. The zero-order chi connectivity index (χ0) is 16.4. The van der Waals surface area contributed by atoms with Crippen molar-refractivity contribution in [2.45, 2.75) is 51.0 Å². The highest BCUT2D eigenvalue weighted by atomic mass is 16.2. The van der Waals surface area contributed by atoms with Crippen LogP contribution in [0.3, 0.4) is 0 Å². The third-order valence-corrected chi connectivity index (χ3v) is 5.14. The van der Waals surface area contributed by atoms with Gasteiger partial charge in [-0.3, -0.25) is 14.3 Å². The second-order valence-corrected chi connectivity index (χ2v) is 6.86. The van der Waals surface area contributed by atoms with Crippen LogP contribution in [0, 0.1) is 5.92 Å². The number of nitrogens with one attached hydrogen (secondary N) is 1. The molecule has 1 fully saturated rings. The summed E-state index contributed by atoms with van der Waals surface area (Å²) in [6.45, 7) is 1.01. The lowest BCUT2D eigenvalue weighted by Crippen LogP contribution is -2.43. The first-order valence-corrected chi connectivity index (χ1v) is 8.60. The normalized spacial score (nSPS) is 21.8. The van der Waals surface area contributed by atoms with Gasteiger partial charge in [0.2, 0.25) is 11.8 Å². The zero-order valence-corrected chi connectivity index (χ0v) is 14.0. The van der Waals surface area contributed by atoms with E-state index in [1.807, 2.05) is 18.1 Å². The first-order valence-electron chi connectivity index (χ1n) is 8.60. The summed E-state index contributed by atoms with van der Waals surface area (Å²) in [5.41, 5.74) is 1.80. The Morgan fingerprint density at radius 2 is 2.04 bits per heavy atom. The fraction of sp³-hybridized carbons (Fsp3) is 0.706. The molecular weight excluding hydrogens is 292 g/mol. The van der Waals surface area contributed by atoms with Crippen molar-refractivity contribution in [3.8, 4) is 0 Å². The molecule has 6 heteroatoms. The Hall–Kier alpha value is -1.85. The molecule has 1 aliphatic heterocycles. The van der Waals surface area contributed by atoms with Gasteiger partial charge in [0.25, 0.3) is 0 Å². The average molecular weight is 318 g/mol. The van der Waals surface area contributed by atoms with Crippen molar-refractivity contribution in [1.29, 1.82) is 0 Å². The number of amides is 2. The number of carbonyl (C=O) groups is 2. The van der Waals surface area contributed by atoms with Crippen LogP contribution in [0.15, 0.2) is 6.20 Å². The van der Waals surface area contributed by atoms with Gasteiger partial charge in [-0.25, -0.2) is 0 Å². The van der Waals surface area contributed by atoms with Crippen molar-refractivity contribution in [2.75, 3.05) is 13.6 Å². The summed E-state index contributed by atoms with van der Waals surface area (Å²) in [5, 5.41) is 7.13. The maximum absolute atomic E-state index is 12.7. The molecule has 1 N–H and O–H groups in total. The van der Waals surface area contributed by atoms with E-state index in [-0.39, 0.29) is 17.7 Å². The minimum Gasteiger partial charge on any atom is -0.359 e. The number of rotatable bonds is 3. The number of fused-ring (bicyclic) bond motifs is 1. The molecule has 0 radical (unpaired) electrons. The molecule has 0 saturated heterocycles. The van der Waals surface area contributed by atoms with E-state index in [2.05, 4.69) is 10.4 Å². The topological polar surface area (TPSA) is 67.2 Å². The molecule has 1 aliphatic carbocycles. The van der Waals surface area contributed by atoms with E-state index in [1.54, 1.807) is 11.7 Å². The quantitative estimate of drug-likeness (QED) is 0.920. The van der Waals surface area contributed by atoms with Crippen LogP contribution < -0.4 is 5.32 Å². The molecule has 0 spiro atoms. The van der Waals surface area contributed by atoms with Crippen molar-refractivity contribution in [1.82, 2.24) is 20.0 Å². The summed E-state index contributed by atoms with van der Waals surface area (Å²) in [5.74, 6) is 0.269. The molecule has 1 atom stereocenters. The highest BCUT2D eigenvalue weighted by molar-refractivity contribution is 5.85. The Kier molecular flexibility index (Phi) is 4.68. The molecule has 126 valence electrons. The Balaban J connectivity index is 1.73. The van der Waals surface area contributed by atoms with Gasteiger partial charge < -0.3 is 10.2 Å². The lowest BCUT2D eigenvalue weighted by atomic mass is 9.86. The number of hydrogen-bond acceptors (Lipinski definition) is 3. The largest absolute Gasteiger partial charge is 0.359 e. The SMILES string of the molecule is CNC(=O)[C@H]1CN(C(=O)CC2CCCCC2)Cc2cn(C)nc21. The summed E-state index contributed by atoms with van der Waals surface area (Å²) in [6, 6.07) is 0. The summed E-state index contributed by atoms with van der Waals surface area (Å²) in [4.78, 5) is 26.8. The number of nitrogens with zero attached hydrogens (tertiary/aromatic N) is 3. The summed E-state index contributed by atoms with van der Waals surface area (Å²) < 4.78 is 1.73. The standard InChI is InChI=1S/C17H26N4O2/c1-18-17(23)14-11-21(10-13-9-20(2)19-16(13)14)15(22)8-12-6-4-3-5-7-12/h9,12,14H,3-8,10-11H2,1-2H3,(H,18,23)/t14-/m0/s1. The Morgan fingerprint density at radius 1 is 1.30 bits per heavy atom. The zero-order valence-electron chi connectivity index (χ0n) is 14.0. The molecule has 3 rings (SSSR count). The van der Waals surface area contributed by atoms with Crippen molar-refractivity contribution >= 4 is 11.8 Å². The smallest absolute Gasteiger partial charge is 0.230 e. The molecule has 2 amide bonds. The maximum atomic E-state index is 12.7. The van der Waals surface area contributed by atoms with E-state index in [9.17, 15) is 9.59 Å². The fourth-order valence-electron chi connectivity index (χ4n) is 3.89. The third-order valence-electron chi connectivity index (χ3n) is 5.14. The van der Waals surface area contributed by atoms with Gasteiger partial charge in [-0.05, 0) is 18.8 Å². The maximum Gasteiger partial charge on any atom is 0.230 e. The van der Waals surface area contributed by atoms with Gasteiger partial charge in [0, 0.05) is 45.4 Å². The Bertz CT molecular complexity index is 589. The highest BCUT2D eigenvalue weighted by Crippen LogP contribution is 2.30. The molecule has 23 heavy (non-hydrogen) atoms. The van der Waals surface area contributed by atoms with Crippen molar-refractivity contribution in [3.63, 3.8) is 0 Å². The molecule has 2 heterocycles. The minimum atomic E-state index is -0.361. The molecule has 6 nitrogen and oxygen atoms in total. The van der Waals surface area contributed by atoms with E-state index in [0.717, 1.165) is 24.1 Å². The van der Waals surface area contributed by atoms with E-state index < -0.39 is 0 Å². The van der Waals surface area contributed by atoms with Crippen molar-refractivity contribution in [3.05, 3.63) is 17.5 Å². The van der Waals surface area contributed by atoms with E-state index in [0.29, 0.717) is 25.4 Å². The molecule has 1 aromatic rings. The average Bonchev–Trinajstić information content (AvgIpc) is 2.94. The van der Waals surface area contributed by atoms with Crippen LogP contribution >= 0.6 is 0 Å². The van der Waals surface area contributed by atoms with Crippen LogP contribution in [0.2, 0.25) is 0 Å². The molecule has 1 saturated carbocycles. The van der Waals surface area contributed by atoms with E-state index in [1.165, 1.54) is 19.3 Å². The lowest BCUT2D eigenvalue weighted by molar-refractivity contribution is -0.134. The summed E-state index contributed by atoms with van der Waals surface area (Å²) in [7, 11) is 3.49.